The normalized spacial score (nSPS) is 16.0. The fourth-order valence-corrected chi connectivity index (χ4v) is 5.60. The second-order valence-electron chi connectivity index (χ2n) is 9.96. The summed E-state index contributed by atoms with van der Waals surface area (Å²) in [5, 5.41) is 2.54. The molecule has 2 aromatic rings. The number of hydrogen-bond donors (Lipinski definition) is 1. The second-order valence-corrected chi connectivity index (χ2v) is 12.0. The third kappa shape index (κ3) is 9.65. The minimum Gasteiger partial charge on any atom is -0.349 e. The number of carbonyl (C=O) groups is 2. The first-order valence-corrected chi connectivity index (χ1v) is 15.0. The average molecular weight is 568 g/mol. The monoisotopic (exact) mass is 567 g/mol. The summed E-state index contributed by atoms with van der Waals surface area (Å²) in [4.78, 5) is 29.3. The zero-order chi connectivity index (χ0) is 28.6. The summed E-state index contributed by atoms with van der Waals surface area (Å²) in [6, 6.07) is 14.9. The Labute approximate surface area is 228 Å². The van der Waals surface area contributed by atoms with E-state index in [-0.39, 0.29) is 23.3 Å². The molecule has 0 bridgehead atoms. The highest BCUT2D eigenvalue weighted by Crippen LogP contribution is 2.24. The Hall–Kier alpha value is -2.92. The van der Waals surface area contributed by atoms with Crippen LogP contribution < -0.4 is 5.32 Å². The van der Waals surface area contributed by atoms with Crippen molar-refractivity contribution in [2.45, 2.75) is 62.2 Å². The van der Waals surface area contributed by atoms with Crippen LogP contribution in [0.4, 0.5) is 13.2 Å². The van der Waals surface area contributed by atoms with Crippen molar-refractivity contribution in [1.29, 1.82) is 0 Å². The predicted molar refractivity (Wildman–Crippen MR) is 143 cm³/mol. The summed E-state index contributed by atoms with van der Waals surface area (Å²) < 4.78 is 61.4. The van der Waals surface area contributed by atoms with Gasteiger partial charge in [-0.2, -0.15) is 13.2 Å². The topological polar surface area (TPSA) is 86.8 Å². The molecule has 1 aliphatic heterocycles. The van der Waals surface area contributed by atoms with Crippen LogP contribution >= 0.6 is 0 Å². The van der Waals surface area contributed by atoms with Crippen LogP contribution in [0.25, 0.3) is 0 Å². The van der Waals surface area contributed by atoms with Crippen LogP contribution in [0.2, 0.25) is 0 Å². The van der Waals surface area contributed by atoms with Crippen molar-refractivity contribution in [3.05, 3.63) is 65.7 Å². The maximum Gasteiger partial charge on any atom is 0.397 e. The van der Waals surface area contributed by atoms with Crippen LogP contribution in [-0.2, 0) is 25.8 Å². The van der Waals surface area contributed by atoms with Crippen LogP contribution in [0.5, 0.6) is 0 Å². The number of rotatable bonds is 11. The van der Waals surface area contributed by atoms with Gasteiger partial charge in [0.05, 0.1) is 17.4 Å². The standard InChI is InChI=1S/C28H36F3N3O4S/c1-3-34(27(36)19-21-9-11-24(12-10-21)39(2,37)38)23-13-16-33(17-14-23)18-15-25(22-7-5-4-6-8-22)32-26(35)20-28(29,30)31/h4-12,23,25H,3,13-20H2,1-2H3,(H,32,35)/t25-/m0/s1. The number of alkyl halides is 3. The van der Waals surface area contributed by atoms with E-state index in [1.54, 1.807) is 36.4 Å². The predicted octanol–water partition coefficient (Wildman–Crippen LogP) is 4.15. The van der Waals surface area contributed by atoms with E-state index in [1.807, 2.05) is 17.9 Å². The van der Waals surface area contributed by atoms with Crippen LogP contribution in [0.1, 0.15) is 49.8 Å². The molecule has 3 rings (SSSR count). The fraction of sp³-hybridized carbons (Fsp3) is 0.500. The number of benzene rings is 2. The van der Waals surface area contributed by atoms with E-state index in [4.69, 9.17) is 0 Å². The number of sulfone groups is 1. The first kappa shape index (κ1) is 30.6. The third-order valence-electron chi connectivity index (χ3n) is 7.00. The Kier molecular flexibility index (Phi) is 10.5. The van der Waals surface area contributed by atoms with Gasteiger partial charge in [0.15, 0.2) is 9.84 Å². The van der Waals surface area contributed by atoms with Crippen LogP contribution in [0.3, 0.4) is 0 Å². The van der Waals surface area contributed by atoms with Crippen LogP contribution in [0, 0.1) is 0 Å². The first-order chi connectivity index (χ1) is 18.4. The zero-order valence-corrected chi connectivity index (χ0v) is 23.1. The van der Waals surface area contributed by atoms with E-state index < -0.39 is 34.4 Å². The van der Waals surface area contributed by atoms with Crippen molar-refractivity contribution >= 4 is 21.7 Å². The minimum absolute atomic E-state index is 0.0143. The third-order valence-corrected chi connectivity index (χ3v) is 8.13. The highest BCUT2D eigenvalue weighted by atomic mass is 32.2. The van der Waals surface area contributed by atoms with Gasteiger partial charge in [-0.15, -0.1) is 0 Å². The molecular weight excluding hydrogens is 531 g/mol. The van der Waals surface area contributed by atoms with Gasteiger partial charge in [-0.1, -0.05) is 42.5 Å². The highest BCUT2D eigenvalue weighted by Gasteiger charge is 2.32. The number of piperidine rings is 1. The molecule has 1 aliphatic rings. The first-order valence-electron chi connectivity index (χ1n) is 13.1. The van der Waals surface area contributed by atoms with Gasteiger partial charge in [-0.25, -0.2) is 8.42 Å². The SMILES string of the molecule is CCN(C(=O)Cc1ccc(S(C)(=O)=O)cc1)C1CCN(CC[C@H](NC(=O)CC(F)(F)F)c2ccccc2)CC1. The van der Waals surface area contributed by atoms with Gasteiger partial charge in [0.1, 0.15) is 6.42 Å². The van der Waals surface area contributed by atoms with Crippen molar-refractivity contribution in [2.75, 3.05) is 32.4 Å². The molecule has 39 heavy (non-hydrogen) atoms. The lowest BCUT2D eigenvalue weighted by Crippen LogP contribution is -2.48. The summed E-state index contributed by atoms with van der Waals surface area (Å²) in [6.07, 6.45) is -2.73. The van der Waals surface area contributed by atoms with E-state index in [0.29, 0.717) is 19.5 Å². The maximum absolute atomic E-state index is 13.1. The largest absolute Gasteiger partial charge is 0.397 e. The van der Waals surface area contributed by atoms with E-state index >= 15 is 0 Å². The summed E-state index contributed by atoms with van der Waals surface area (Å²) in [5.41, 5.74) is 1.51. The van der Waals surface area contributed by atoms with Crippen LogP contribution in [-0.4, -0.2) is 74.7 Å². The molecule has 0 radical (unpaired) electrons. The smallest absolute Gasteiger partial charge is 0.349 e. The number of likely N-dealkylation sites (tertiary alicyclic amines) is 1. The van der Waals surface area contributed by atoms with Gasteiger partial charge in [0, 0.05) is 38.5 Å². The van der Waals surface area contributed by atoms with E-state index in [0.717, 1.165) is 43.3 Å². The number of nitrogens with one attached hydrogen (secondary N) is 1. The molecule has 0 aromatic heterocycles. The quantitative estimate of drug-likeness (QED) is 0.441. The molecule has 0 saturated carbocycles. The van der Waals surface area contributed by atoms with Gasteiger partial charge in [-0.3, -0.25) is 9.59 Å². The van der Waals surface area contributed by atoms with Crippen molar-refractivity contribution < 1.29 is 31.2 Å². The van der Waals surface area contributed by atoms with E-state index in [2.05, 4.69) is 10.2 Å². The summed E-state index contributed by atoms with van der Waals surface area (Å²) in [7, 11) is -3.30. The number of likely N-dealkylation sites (N-methyl/N-ethyl adjacent to an activating group) is 1. The molecular formula is C28H36F3N3O4S. The number of amides is 2. The van der Waals surface area contributed by atoms with Crippen LogP contribution in [0.15, 0.2) is 59.5 Å². The zero-order valence-electron chi connectivity index (χ0n) is 22.3. The lowest BCUT2D eigenvalue weighted by atomic mass is 9.99. The van der Waals surface area contributed by atoms with Crippen molar-refractivity contribution in [3.63, 3.8) is 0 Å². The maximum atomic E-state index is 13.1. The van der Waals surface area contributed by atoms with Gasteiger partial charge in [-0.05, 0) is 49.4 Å². The van der Waals surface area contributed by atoms with Crippen molar-refractivity contribution in [1.82, 2.24) is 15.1 Å². The number of carbonyl (C=O) groups excluding carboxylic acids is 2. The molecule has 0 aliphatic carbocycles. The Morgan fingerprint density at radius 3 is 2.21 bits per heavy atom. The molecule has 11 heteroatoms. The Balaban J connectivity index is 1.53. The highest BCUT2D eigenvalue weighted by molar-refractivity contribution is 7.90. The number of halogens is 3. The van der Waals surface area contributed by atoms with Crippen molar-refractivity contribution in [3.8, 4) is 0 Å². The van der Waals surface area contributed by atoms with Gasteiger partial charge < -0.3 is 15.1 Å². The minimum atomic E-state index is -4.56. The Morgan fingerprint density at radius 2 is 1.67 bits per heavy atom. The Morgan fingerprint density at radius 1 is 1.05 bits per heavy atom. The fourth-order valence-electron chi connectivity index (χ4n) is 4.97. The van der Waals surface area contributed by atoms with Crippen molar-refractivity contribution in [2.24, 2.45) is 0 Å². The van der Waals surface area contributed by atoms with Gasteiger partial charge >= 0.3 is 6.18 Å². The lowest BCUT2D eigenvalue weighted by Gasteiger charge is -2.38. The molecule has 0 spiro atoms. The molecule has 1 fully saturated rings. The van der Waals surface area contributed by atoms with E-state index in [1.165, 1.54) is 12.1 Å². The molecule has 2 aromatic carbocycles. The molecule has 2 amide bonds. The van der Waals surface area contributed by atoms with E-state index in [9.17, 15) is 31.2 Å². The summed E-state index contributed by atoms with van der Waals surface area (Å²) >= 11 is 0. The Bertz CT molecular complexity index is 1200. The molecule has 214 valence electrons. The van der Waals surface area contributed by atoms with Gasteiger partial charge in [0.25, 0.3) is 0 Å². The molecule has 1 heterocycles. The second kappa shape index (κ2) is 13.4. The lowest BCUT2D eigenvalue weighted by molar-refractivity contribution is -0.154. The number of hydrogen-bond acceptors (Lipinski definition) is 5. The number of nitrogens with zero attached hydrogens (tertiary/aromatic N) is 2. The summed E-state index contributed by atoms with van der Waals surface area (Å²) in [6.45, 7) is 4.56. The summed E-state index contributed by atoms with van der Waals surface area (Å²) in [5.74, 6) is -1.06. The molecule has 1 saturated heterocycles. The molecule has 1 N–H and O–H groups in total. The van der Waals surface area contributed by atoms with Gasteiger partial charge in [0.2, 0.25) is 11.8 Å². The molecule has 0 unspecified atom stereocenters. The average Bonchev–Trinajstić information content (AvgIpc) is 2.87. The molecule has 7 nitrogen and oxygen atoms in total. The molecule has 1 atom stereocenters.